The summed E-state index contributed by atoms with van der Waals surface area (Å²) in [5.41, 5.74) is 6.77. The monoisotopic (exact) mass is 1450 g/mol. The molecule has 0 bridgehead atoms. The first kappa shape index (κ1) is 73.4. The normalized spacial score (nSPS) is 18.5. The number of nitrogens with zero attached hydrogens (tertiary/aromatic N) is 5. The first-order valence-electron chi connectivity index (χ1n) is 31.7. The van der Waals surface area contributed by atoms with E-state index in [-0.39, 0.29) is 57.3 Å². The summed E-state index contributed by atoms with van der Waals surface area (Å²) in [5.74, 6) is 0.853. The molecule has 2 amide bonds. The molecule has 5 aromatic rings. The van der Waals surface area contributed by atoms with E-state index in [0.717, 1.165) is 118 Å². The second kappa shape index (κ2) is 34.9. The van der Waals surface area contributed by atoms with E-state index in [2.05, 4.69) is 115 Å². The van der Waals surface area contributed by atoms with Crippen molar-refractivity contribution in [3.05, 3.63) is 141 Å². The SMILES string of the molecule is C1=CN=CC1.CC(=O)N[C@@H](Cc1ccc(F)c(-n2ccnc2)c1)[C@H](O)CC[C@H]1CC2(CCC2)Oc2ncc(CC(C)(C)C)cc21.CC(=O)N[C@@H](Cc1ccc(F)c(Br)c1)[C@H](O)CC[C@H]1CC2(CCC2)Oc2ncc(CC(C)(C)C)cc21.CCCCNC.[Cu][I]. The predicted molar refractivity (Wildman–Crippen MR) is 360 cm³/mol. The number of nitrogens with one attached hydrogen (secondary N) is 3. The van der Waals surface area contributed by atoms with Crippen molar-refractivity contribution in [2.24, 2.45) is 15.8 Å². The third-order valence-electron chi connectivity index (χ3n) is 16.9. The van der Waals surface area contributed by atoms with Gasteiger partial charge < -0.3 is 40.2 Å². The van der Waals surface area contributed by atoms with Crippen LogP contribution in [0.25, 0.3) is 5.69 Å². The summed E-state index contributed by atoms with van der Waals surface area (Å²) in [4.78, 5) is 41.3. The molecule has 3 aromatic heterocycles. The number of aliphatic hydroxyl groups excluding tert-OH is 2. The minimum absolute atomic E-state index is 0.126. The summed E-state index contributed by atoms with van der Waals surface area (Å²) in [6.45, 7) is 19.6. The maximum atomic E-state index is 14.5. The second-order valence-electron chi connectivity index (χ2n) is 27.3. The molecule has 0 radical (unpaired) electrons. The summed E-state index contributed by atoms with van der Waals surface area (Å²) in [5, 5.41) is 31.5. The van der Waals surface area contributed by atoms with Crippen molar-refractivity contribution >= 4 is 54.3 Å². The number of benzene rings is 2. The van der Waals surface area contributed by atoms with Gasteiger partial charge in [0.2, 0.25) is 23.6 Å². The van der Waals surface area contributed by atoms with Gasteiger partial charge in [-0.3, -0.25) is 14.6 Å². The summed E-state index contributed by atoms with van der Waals surface area (Å²) < 4.78 is 43.0. The van der Waals surface area contributed by atoms with Gasteiger partial charge in [-0.15, -0.1) is 0 Å². The molecule has 19 heteroatoms. The van der Waals surface area contributed by atoms with Crippen molar-refractivity contribution in [2.75, 3.05) is 13.6 Å². The number of hydrogen-bond acceptors (Lipinski definition) is 11. The fourth-order valence-corrected chi connectivity index (χ4v) is 12.9. The van der Waals surface area contributed by atoms with Crippen LogP contribution in [0.5, 0.6) is 11.8 Å². The number of amides is 2. The van der Waals surface area contributed by atoms with Crippen LogP contribution in [-0.2, 0) is 48.0 Å². The number of allylic oxidation sites excluding steroid dienone is 1. The van der Waals surface area contributed by atoms with Crippen molar-refractivity contribution in [3.8, 4) is 17.4 Å². The molecule has 14 nitrogen and oxygen atoms in total. The number of imidazole rings is 1. The number of pyridine rings is 2. The zero-order valence-electron chi connectivity index (χ0n) is 53.9. The van der Waals surface area contributed by atoms with Gasteiger partial charge in [0.25, 0.3) is 0 Å². The standard InChI is InChI=1S/C32H41FN4O3.C29H38BrFN2O3.C5H13N.C4H5N.Cu.HI/c1-21(38)36-27(15-22-6-8-26(33)28(16-22)37-13-12-34-20-37)29(39)9-7-24-18-32(10-5-11-32)40-30-25(24)14-23(19-35-30)17-31(2,3)4;1-18(34)33-25(14-19-6-8-24(31)23(30)13-19)26(35)9-7-21-16-29(10-5-11-29)36-27-22(21)12-20(17-32-27)15-28(2,3)4;1-3-4-5-6-2;1-2-4-5-3-1;;/h6,8,12-14,16,19-20,24,27,29,39H,5,7,9-11,15,17-18H2,1-4H3,(H,36,38);6,8,12-13,17,21,25-26,35H,5,7,9-11,14-16H2,1-4H3,(H,33,34);6H,3-5H2,1-2H3;1,3-4H,2H2;;1H/q;;;;+1;/p-1/t24-,27-,29+;21-,25-,26+;;;;/m00..../s1. The summed E-state index contributed by atoms with van der Waals surface area (Å²) in [6.07, 6.45) is 30.2. The Bertz CT molecular complexity index is 3080. The van der Waals surface area contributed by atoms with Crippen molar-refractivity contribution in [3.63, 3.8) is 0 Å². The van der Waals surface area contributed by atoms with E-state index >= 15 is 0 Å². The Morgan fingerprint density at radius 2 is 1.26 bits per heavy atom. The Morgan fingerprint density at radius 1 is 0.764 bits per heavy atom. The van der Waals surface area contributed by atoms with Crippen LogP contribution < -0.4 is 25.4 Å². The summed E-state index contributed by atoms with van der Waals surface area (Å²) in [6, 6.07) is 13.2. The molecule has 2 fully saturated rings. The predicted octanol–water partition coefficient (Wildman–Crippen LogP) is 14.8. The van der Waals surface area contributed by atoms with Crippen LogP contribution in [0, 0.1) is 22.5 Å². The van der Waals surface area contributed by atoms with Gasteiger partial charge in [-0.05, 0) is 220 Å². The number of carbonyl (C=O) groups is 2. The van der Waals surface area contributed by atoms with Crippen LogP contribution in [0.3, 0.4) is 0 Å². The molecule has 2 saturated carbocycles. The fraction of sp³-hybridized carbons (Fsp3) is 0.571. The zero-order valence-corrected chi connectivity index (χ0v) is 58.6. The third-order valence-corrected chi connectivity index (χ3v) is 17.6. The average molecular weight is 1450 g/mol. The van der Waals surface area contributed by atoms with Crippen LogP contribution in [-0.4, -0.2) is 96.8 Å². The number of rotatable bonds is 20. The van der Waals surface area contributed by atoms with Gasteiger partial charge >= 0.3 is 33.1 Å². The molecule has 6 atom stereocenters. The summed E-state index contributed by atoms with van der Waals surface area (Å²) in [7, 11) is 1.98. The third kappa shape index (κ3) is 23.2. The number of aromatic nitrogens is 4. The van der Waals surface area contributed by atoms with Crippen LogP contribution in [0.15, 0.2) is 101 Å². The number of ether oxygens (including phenoxy) is 2. The number of fused-ring (bicyclic) bond motifs is 2. The van der Waals surface area contributed by atoms with Gasteiger partial charge in [-0.1, -0.05) is 73.1 Å². The average Bonchev–Trinajstić information content (AvgIpc) is 1.35. The molecule has 89 heavy (non-hydrogen) atoms. The Morgan fingerprint density at radius 3 is 1.62 bits per heavy atom. The number of aliphatic imine (C=N–C) groups is 1. The number of hydrogen-bond donors (Lipinski definition) is 5. The van der Waals surface area contributed by atoms with Crippen LogP contribution in [0.2, 0.25) is 0 Å². The Labute approximate surface area is 556 Å². The van der Waals surface area contributed by atoms with E-state index in [9.17, 15) is 28.6 Å². The molecule has 6 heterocycles. The number of aliphatic hydroxyl groups is 2. The molecule has 5 aliphatic rings. The quantitative estimate of drug-likeness (QED) is 0.0285. The molecule has 10 rings (SSSR count). The van der Waals surface area contributed by atoms with Gasteiger partial charge in [0.05, 0.1) is 40.8 Å². The van der Waals surface area contributed by atoms with Crippen molar-refractivity contribution in [2.45, 2.75) is 232 Å². The second-order valence-corrected chi connectivity index (χ2v) is 28.1. The molecule has 3 aliphatic heterocycles. The maximum absolute atomic E-state index is 14.5. The molecular formula is C70H97BrCuF2IN8O6. The van der Waals surface area contributed by atoms with Gasteiger partial charge in [0, 0.05) is 68.6 Å². The molecule has 492 valence electrons. The Hall–Kier alpha value is -4.63. The van der Waals surface area contributed by atoms with Crippen LogP contribution in [0.4, 0.5) is 8.78 Å². The molecule has 5 N–H and O–H groups in total. The van der Waals surface area contributed by atoms with Crippen molar-refractivity contribution in [1.82, 2.24) is 35.5 Å². The van der Waals surface area contributed by atoms with E-state index in [1.54, 1.807) is 74.1 Å². The molecular weight excluding hydrogens is 1360 g/mol. The van der Waals surface area contributed by atoms with Crippen molar-refractivity contribution < 1.29 is 50.8 Å². The van der Waals surface area contributed by atoms with Gasteiger partial charge in [0.15, 0.2) is 0 Å². The first-order chi connectivity index (χ1) is 42.3. The molecule has 2 spiro atoms. The van der Waals surface area contributed by atoms with Gasteiger partial charge in [0.1, 0.15) is 22.8 Å². The topological polar surface area (TPSA) is 185 Å². The fourth-order valence-electron chi connectivity index (χ4n) is 12.4. The van der Waals surface area contributed by atoms with Crippen LogP contribution >= 0.6 is 36.3 Å². The molecule has 0 unspecified atom stereocenters. The van der Waals surface area contributed by atoms with E-state index in [4.69, 9.17) is 19.4 Å². The first-order valence-corrected chi connectivity index (χ1v) is 35.6. The van der Waals surface area contributed by atoms with E-state index in [0.29, 0.717) is 35.8 Å². The molecule has 2 aromatic carbocycles. The Kier molecular flexibility index (Phi) is 28.8. The number of carbonyl (C=O) groups excluding carboxylic acids is 2. The van der Waals surface area contributed by atoms with Gasteiger partial charge in [-0.2, -0.15) is 0 Å². The summed E-state index contributed by atoms with van der Waals surface area (Å²) >= 11 is 9.10. The zero-order chi connectivity index (χ0) is 64.9. The van der Waals surface area contributed by atoms with E-state index < -0.39 is 24.3 Å². The minimum atomic E-state index is -0.764. The van der Waals surface area contributed by atoms with Gasteiger partial charge in [-0.25, -0.2) is 23.7 Å². The Balaban J connectivity index is 0.000000237. The molecule has 0 saturated heterocycles. The van der Waals surface area contributed by atoms with Crippen molar-refractivity contribution in [1.29, 1.82) is 0 Å². The number of halogens is 4. The van der Waals surface area contributed by atoms with E-state index in [1.165, 1.54) is 56.4 Å². The molecule has 2 aliphatic carbocycles. The number of unbranched alkanes of at least 4 members (excludes halogenated alkanes) is 1. The van der Waals surface area contributed by atoms with E-state index in [1.807, 2.05) is 31.7 Å². The van der Waals surface area contributed by atoms with Crippen LogP contribution in [0.1, 0.15) is 204 Å².